The second-order valence-electron chi connectivity index (χ2n) is 5.46. The van der Waals surface area contributed by atoms with Crippen molar-refractivity contribution >= 4 is 38.7 Å². The molecule has 1 N–H and O–H groups in total. The lowest BCUT2D eigenvalue weighted by Gasteiger charge is -2.30. The Balaban J connectivity index is 1.64. The first kappa shape index (κ1) is 15.7. The van der Waals surface area contributed by atoms with Crippen molar-refractivity contribution in [3.8, 4) is 0 Å². The highest BCUT2D eigenvalue weighted by molar-refractivity contribution is 7.22. The number of anilines is 1. The fraction of sp³-hybridized carbons (Fsp3) is 0.438. The Bertz CT molecular complexity index is 682. The molecule has 0 saturated carbocycles. The summed E-state index contributed by atoms with van der Waals surface area (Å²) in [6.07, 6.45) is 1.23. The van der Waals surface area contributed by atoms with Crippen LogP contribution in [0.3, 0.4) is 0 Å². The van der Waals surface area contributed by atoms with Gasteiger partial charge in [-0.2, -0.15) is 0 Å². The van der Waals surface area contributed by atoms with Crippen LogP contribution in [0.1, 0.15) is 19.8 Å². The quantitative estimate of drug-likeness (QED) is 0.937. The number of ether oxygens (including phenoxy) is 1. The number of nitrogens with zero attached hydrogens (tertiary/aromatic N) is 2. The molecule has 0 spiro atoms. The maximum absolute atomic E-state index is 12.4. The fourth-order valence-electron chi connectivity index (χ4n) is 2.70. The number of para-hydroxylation sites is 1. The number of benzene rings is 1. The van der Waals surface area contributed by atoms with Crippen LogP contribution in [-0.2, 0) is 9.53 Å². The Kier molecular flexibility index (Phi) is 4.76. The number of hydrogen-bond donors (Lipinski definition) is 1. The largest absolute Gasteiger partial charge is 0.450 e. The number of rotatable bonds is 3. The summed E-state index contributed by atoms with van der Waals surface area (Å²) in [5.74, 6) is -0.307. The summed E-state index contributed by atoms with van der Waals surface area (Å²) in [5.41, 5.74) is 0.879. The third-order valence-corrected chi connectivity index (χ3v) is 4.79. The first-order valence-electron chi connectivity index (χ1n) is 7.75. The van der Waals surface area contributed by atoms with Crippen molar-refractivity contribution in [2.45, 2.75) is 19.8 Å². The molecule has 0 aliphatic carbocycles. The Labute approximate surface area is 138 Å². The van der Waals surface area contributed by atoms with Crippen LogP contribution >= 0.6 is 11.3 Å². The van der Waals surface area contributed by atoms with Gasteiger partial charge in [0, 0.05) is 13.1 Å². The molecule has 7 heteroatoms. The highest BCUT2D eigenvalue weighted by Gasteiger charge is 2.29. The monoisotopic (exact) mass is 333 g/mol. The summed E-state index contributed by atoms with van der Waals surface area (Å²) in [7, 11) is 0. The lowest BCUT2D eigenvalue weighted by Crippen LogP contribution is -2.44. The van der Waals surface area contributed by atoms with Gasteiger partial charge < -0.3 is 15.0 Å². The standard InChI is InChI=1S/C16H19N3O3S/c1-2-22-16(21)19-9-5-6-11(10-19)14(20)18-15-17-12-7-3-4-8-13(12)23-15/h3-4,7-8,11H,2,5-6,9-10H2,1H3,(H,17,18,20). The van der Waals surface area contributed by atoms with Crippen LogP contribution in [0.4, 0.5) is 9.93 Å². The van der Waals surface area contributed by atoms with Gasteiger partial charge in [0.05, 0.1) is 22.7 Å². The number of piperidine rings is 1. The normalized spacial score (nSPS) is 18.0. The molecule has 1 aromatic heterocycles. The number of thiazole rings is 1. The number of amides is 2. The van der Waals surface area contributed by atoms with Crippen LogP contribution in [0, 0.1) is 5.92 Å². The van der Waals surface area contributed by atoms with Gasteiger partial charge in [0.25, 0.3) is 0 Å². The number of carbonyl (C=O) groups is 2. The molecule has 0 bridgehead atoms. The topological polar surface area (TPSA) is 71.5 Å². The van der Waals surface area contributed by atoms with E-state index in [1.54, 1.807) is 11.8 Å². The number of likely N-dealkylation sites (tertiary alicyclic amines) is 1. The van der Waals surface area contributed by atoms with Gasteiger partial charge >= 0.3 is 6.09 Å². The van der Waals surface area contributed by atoms with Crippen LogP contribution in [-0.4, -0.2) is 41.6 Å². The molecule has 1 unspecified atom stereocenters. The van der Waals surface area contributed by atoms with E-state index in [-0.39, 0.29) is 17.9 Å². The highest BCUT2D eigenvalue weighted by Crippen LogP contribution is 2.26. The van der Waals surface area contributed by atoms with E-state index in [9.17, 15) is 9.59 Å². The summed E-state index contributed by atoms with van der Waals surface area (Å²) < 4.78 is 6.05. The average Bonchev–Trinajstić information content (AvgIpc) is 2.97. The van der Waals surface area contributed by atoms with Crippen molar-refractivity contribution in [2.24, 2.45) is 5.92 Å². The Morgan fingerprint density at radius 3 is 3.04 bits per heavy atom. The first-order chi connectivity index (χ1) is 11.2. The van der Waals surface area contributed by atoms with Crippen LogP contribution in [0.2, 0.25) is 0 Å². The number of nitrogens with one attached hydrogen (secondary N) is 1. The van der Waals surface area contributed by atoms with Crippen molar-refractivity contribution in [3.63, 3.8) is 0 Å². The molecule has 6 nitrogen and oxygen atoms in total. The molecule has 23 heavy (non-hydrogen) atoms. The lowest BCUT2D eigenvalue weighted by molar-refractivity contribution is -0.121. The van der Waals surface area contributed by atoms with Gasteiger partial charge in [0.1, 0.15) is 0 Å². The van der Waals surface area contributed by atoms with Crippen LogP contribution < -0.4 is 5.32 Å². The average molecular weight is 333 g/mol. The predicted molar refractivity (Wildman–Crippen MR) is 89.6 cm³/mol. The molecule has 122 valence electrons. The Morgan fingerprint density at radius 1 is 1.43 bits per heavy atom. The second-order valence-corrected chi connectivity index (χ2v) is 6.49. The van der Waals surface area contributed by atoms with Gasteiger partial charge in [-0.1, -0.05) is 23.5 Å². The van der Waals surface area contributed by atoms with E-state index in [0.717, 1.165) is 23.1 Å². The molecule has 1 aliphatic heterocycles. The van der Waals surface area contributed by atoms with Crippen LogP contribution in [0.15, 0.2) is 24.3 Å². The zero-order valence-electron chi connectivity index (χ0n) is 12.9. The van der Waals surface area contributed by atoms with E-state index in [4.69, 9.17) is 4.74 Å². The minimum absolute atomic E-state index is 0.0851. The van der Waals surface area contributed by atoms with Crippen molar-refractivity contribution < 1.29 is 14.3 Å². The van der Waals surface area contributed by atoms with Crippen molar-refractivity contribution in [1.29, 1.82) is 0 Å². The minimum Gasteiger partial charge on any atom is -0.450 e. The van der Waals surface area contributed by atoms with E-state index in [1.165, 1.54) is 11.3 Å². The van der Waals surface area contributed by atoms with E-state index >= 15 is 0 Å². The number of fused-ring (bicyclic) bond motifs is 1. The molecule has 2 amide bonds. The third-order valence-electron chi connectivity index (χ3n) is 3.84. The molecule has 0 radical (unpaired) electrons. The van der Waals surface area contributed by atoms with Crippen LogP contribution in [0.5, 0.6) is 0 Å². The number of aromatic nitrogens is 1. The van der Waals surface area contributed by atoms with Crippen molar-refractivity contribution in [1.82, 2.24) is 9.88 Å². The Hall–Kier alpha value is -2.15. The van der Waals surface area contributed by atoms with Crippen LogP contribution in [0.25, 0.3) is 10.2 Å². The lowest BCUT2D eigenvalue weighted by atomic mass is 9.97. The fourth-order valence-corrected chi connectivity index (χ4v) is 3.57. The molecule has 1 saturated heterocycles. The summed E-state index contributed by atoms with van der Waals surface area (Å²) in [6.45, 7) is 3.16. The van der Waals surface area contributed by atoms with E-state index in [1.807, 2.05) is 24.3 Å². The molecule has 1 atom stereocenters. The van der Waals surface area contributed by atoms with E-state index in [2.05, 4.69) is 10.3 Å². The minimum atomic E-state index is -0.343. The van der Waals surface area contributed by atoms with Gasteiger partial charge in [0.2, 0.25) is 5.91 Å². The zero-order chi connectivity index (χ0) is 16.2. The van der Waals surface area contributed by atoms with Gasteiger partial charge in [-0.05, 0) is 31.9 Å². The SMILES string of the molecule is CCOC(=O)N1CCCC(C(=O)Nc2nc3ccccc3s2)C1. The van der Waals surface area contributed by atoms with E-state index < -0.39 is 0 Å². The summed E-state index contributed by atoms with van der Waals surface area (Å²) in [4.78, 5) is 30.3. The summed E-state index contributed by atoms with van der Waals surface area (Å²) in [5, 5.41) is 3.48. The highest BCUT2D eigenvalue weighted by atomic mass is 32.1. The molecule has 3 rings (SSSR count). The smallest absolute Gasteiger partial charge is 0.409 e. The molecule has 1 fully saturated rings. The number of carbonyl (C=O) groups excluding carboxylic acids is 2. The third kappa shape index (κ3) is 3.61. The van der Waals surface area contributed by atoms with E-state index in [0.29, 0.717) is 24.8 Å². The van der Waals surface area contributed by atoms with Gasteiger partial charge in [-0.25, -0.2) is 9.78 Å². The Morgan fingerprint density at radius 2 is 2.26 bits per heavy atom. The van der Waals surface area contributed by atoms with Gasteiger partial charge in [-0.3, -0.25) is 4.79 Å². The van der Waals surface area contributed by atoms with Crippen molar-refractivity contribution in [2.75, 3.05) is 25.0 Å². The molecular formula is C16H19N3O3S. The van der Waals surface area contributed by atoms with Crippen molar-refractivity contribution in [3.05, 3.63) is 24.3 Å². The molecular weight excluding hydrogens is 314 g/mol. The predicted octanol–water partition coefficient (Wildman–Crippen LogP) is 3.10. The molecule has 1 aliphatic rings. The summed E-state index contributed by atoms with van der Waals surface area (Å²) >= 11 is 1.46. The maximum Gasteiger partial charge on any atom is 0.409 e. The van der Waals surface area contributed by atoms with Gasteiger partial charge in [0.15, 0.2) is 5.13 Å². The summed E-state index contributed by atoms with van der Waals surface area (Å²) in [6, 6.07) is 7.77. The number of hydrogen-bond acceptors (Lipinski definition) is 5. The second kappa shape index (κ2) is 6.95. The maximum atomic E-state index is 12.4. The molecule has 1 aromatic carbocycles. The first-order valence-corrected chi connectivity index (χ1v) is 8.57. The van der Waals surface area contributed by atoms with Gasteiger partial charge in [-0.15, -0.1) is 0 Å². The molecule has 2 heterocycles. The zero-order valence-corrected chi connectivity index (χ0v) is 13.8. The molecule has 2 aromatic rings.